The number of halogens is 1. The van der Waals surface area contributed by atoms with Crippen molar-refractivity contribution in [2.75, 3.05) is 36.5 Å². The molecule has 2 aromatic carbocycles. The van der Waals surface area contributed by atoms with Gasteiger partial charge in [-0.25, -0.2) is 9.97 Å². The van der Waals surface area contributed by atoms with Gasteiger partial charge >= 0.3 is 0 Å². The Hall–Kier alpha value is -3.23. The largest absolute Gasteiger partial charge is 0.372 e. The van der Waals surface area contributed by atoms with Crippen molar-refractivity contribution < 1.29 is 7.86 Å². The number of nitriles is 1. The van der Waals surface area contributed by atoms with Crippen LogP contribution in [0.5, 0.6) is 0 Å². The van der Waals surface area contributed by atoms with Gasteiger partial charge in [0.15, 0.2) is 0 Å². The van der Waals surface area contributed by atoms with Gasteiger partial charge in [0.25, 0.3) is 5.91 Å². The number of rotatable bonds is 8. The molecule has 35 heavy (non-hydrogen) atoms. The third-order valence-electron chi connectivity index (χ3n) is 6.12. The molecule has 0 bridgehead atoms. The van der Waals surface area contributed by atoms with Crippen LogP contribution in [0.2, 0.25) is 0 Å². The lowest BCUT2D eigenvalue weighted by Crippen LogP contribution is -2.34. The van der Waals surface area contributed by atoms with Crippen molar-refractivity contribution in [3.63, 3.8) is 0 Å². The van der Waals surface area contributed by atoms with Crippen LogP contribution in [-0.4, -0.2) is 42.1 Å². The van der Waals surface area contributed by atoms with Crippen LogP contribution in [0.1, 0.15) is 28.8 Å². The molecule has 9 heteroatoms. The summed E-state index contributed by atoms with van der Waals surface area (Å²) < 4.78 is 5.27. The molecular weight excluding hydrogens is 555 g/mol. The van der Waals surface area contributed by atoms with Gasteiger partial charge in [-0.15, -0.1) is 0 Å². The van der Waals surface area contributed by atoms with Gasteiger partial charge in [-0.05, 0) is 67.6 Å². The second-order valence-electron chi connectivity index (χ2n) is 8.52. The monoisotopic (exact) mass is 582 g/mol. The van der Waals surface area contributed by atoms with Crippen molar-refractivity contribution in [3.05, 3.63) is 65.9 Å². The molecule has 1 aromatic heterocycles. The number of amides is 1. The Kier molecular flexibility index (Phi) is 8.50. The number of aryl methyl sites for hydroxylation is 1. The Morgan fingerprint density at radius 3 is 2.54 bits per heavy atom. The molecule has 8 nitrogen and oxygen atoms in total. The first-order valence-electron chi connectivity index (χ1n) is 11.5. The fourth-order valence-electron chi connectivity index (χ4n) is 4.13. The minimum Gasteiger partial charge on any atom is -0.372 e. The summed E-state index contributed by atoms with van der Waals surface area (Å²) in [7, 11) is 0. The SMILES string of the molecule is Cc1cnc(Nc2ccc(N3CCC(COI)CC3)cc2)nc1-c1ccc(C(=O)NCC#N)cc1. The fourth-order valence-corrected chi connectivity index (χ4v) is 4.64. The van der Waals surface area contributed by atoms with E-state index in [-0.39, 0.29) is 12.5 Å². The highest BCUT2D eigenvalue weighted by Gasteiger charge is 2.19. The minimum atomic E-state index is -0.276. The van der Waals surface area contributed by atoms with E-state index in [1.165, 1.54) is 5.69 Å². The zero-order valence-corrected chi connectivity index (χ0v) is 21.7. The third kappa shape index (κ3) is 6.46. The first kappa shape index (κ1) is 24.9. The number of carbonyl (C=O) groups is 1. The lowest BCUT2D eigenvalue weighted by molar-refractivity contribution is 0.0958. The van der Waals surface area contributed by atoms with E-state index in [0.29, 0.717) is 17.4 Å². The average molecular weight is 582 g/mol. The molecule has 1 aliphatic rings. The number of nitrogens with zero attached hydrogens (tertiary/aromatic N) is 4. The number of anilines is 3. The zero-order valence-electron chi connectivity index (χ0n) is 19.5. The molecule has 1 saturated heterocycles. The van der Waals surface area contributed by atoms with Crippen LogP contribution in [0.3, 0.4) is 0 Å². The van der Waals surface area contributed by atoms with Crippen LogP contribution in [0.4, 0.5) is 17.3 Å². The standard InChI is InChI=1S/C26H27IN6O2/c1-18-16-30-26(32-24(18)20-2-4-21(5-3-20)25(34)29-13-12-28)31-22-6-8-23(9-7-22)33-14-10-19(11-15-33)17-35-27/h2-9,16,19H,10-11,13-15,17H2,1H3,(H,29,34)(H,30,31,32). The van der Waals surface area contributed by atoms with Crippen LogP contribution in [-0.2, 0) is 3.07 Å². The van der Waals surface area contributed by atoms with E-state index in [4.69, 9.17) is 13.3 Å². The highest BCUT2D eigenvalue weighted by molar-refractivity contribution is 14.1. The number of piperidine rings is 1. The van der Waals surface area contributed by atoms with E-state index < -0.39 is 0 Å². The Morgan fingerprint density at radius 2 is 1.89 bits per heavy atom. The molecule has 1 amide bonds. The molecule has 4 rings (SSSR count). The molecule has 0 atom stereocenters. The van der Waals surface area contributed by atoms with E-state index >= 15 is 0 Å². The summed E-state index contributed by atoms with van der Waals surface area (Å²) in [6.45, 7) is 4.85. The van der Waals surface area contributed by atoms with E-state index in [9.17, 15) is 4.79 Å². The number of carbonyl (C=O) groups excluding carboxylic acids is 1. The maximum atomic E-state index is 12.0. The van der Waals surface area contributed by atoms with Crippen molar-refractivity contribution in [3.8, 4) is 17.3 Å². The van der Waals surface area contributed by atoms with Gasteiger partial charge in [0.05, 0.1) is 18.4 Å². The molecule has 0 radical (unpaired) electrons. The van der Waals surface area contributed by atoms with Crippen molar-refractivity contribution >= 4 is 46.2 Å². The lowest BCUT2D eigenvalue weighted by atomic mass is 9.97. The van der Waals surface area contributed by atoms with E-state index in [0.717, 1.165) is 55.0 Å². The van der Waals surface area contributed by atoms with Crippen LogP contribution < -0.4 is 15.5 Å². The van der Waals surface area contributed by atoms with Crippen LogP contribution in [0.15, 0.2) is 54.7 Å². The predicted octanol–water partition coefficient (Wildman–Crippen LogP) is 5.03. The second kappa shape index (κ2) is 12.0. The van der Waals surface area contributed by atoms with Crippen LogP contribution in [0.25, 0.3) is 11.3 Å². The number of benzene rings is 2. The van der Waals surface area contributed by atoms with E-state index in [1.54, 1.807) is 18.3 Å². The molecule has 0 aliphatic carbocycles. The maximum absolute atomic E-state index is 12.0. The summed E-state index contributed by atoms with van der Waals surface area (Å²) in [6, 6.07) is 17.4. The first-order valence-corrected chi connectivity index (χ1v) is 12.4. The number of hydrogen-bond acceptors (Lipinski definition) is 7. The second-order valence-corrected chi connectivity index (χ2v) is 9.14. The number of hydrogen-bond donors (Lipinski definition) is 2. The molecule has 3 aromatic rings. The third-order valence-corrected chi connectivity index (χ3v) is 6.48. The quantitative estimate of drug-likeness (QED) is 0.284. The molecule has 0 saturated carbocycles. The topological polar surface area (TPSA) is 103 Å². The van der Waals surface area contributed by atoms with Crippen molar-refractivity contribution in [1.29, 1.82) is 5.26 Å². The van der Waals surface area contributed by atoms with Gasteiger partial charge in [0.1, 0.15) is 29.6 Å². The molecule has 180 valence electrons. The Balaban J connectivity index is 1.42. The first-order chi connectivity index (χ1) is 17.1. The fraction of sp³-hybridized carbons (Fsp3) is 0.308. The van der Waals surface area contributed by atoms with Crippen LogP contribution in [0, 0.1) is 24.2 Å². The molecule has 1 aliphatic heterocycles. The van der Waals surface area contributed by atoms with Crippen molar-refractivity contribution in [1.82, 2.24) is 15.3 Å². The number of nitrogens with one attached hydrogen (secondary N) is 2. The summed E-state index contributed by atoms with van der Waals surface area (Å²) >= 11 is 1.98. The van der Waals surface area contributed by atoms with E-state index in [1.807, 2.05) is 60.3 Å². The summed E-state index contributed by atoms with van der Waals surface area (Å²) in [5.74, 6) is 0.880. The van der Waals surface area contributed by atoms with Gasteiger partial charge in [-0.3, -0.25) is 4.79 Å². The summed E-state index contributed by atoms with van der Waals surface area (Å²) in [5.41, 5.74) is 5.24. The van der Waals surface area contributed by atoms with Crippen molar-refractivity contribution in [2.24, 2.45) is 5.92 Å². The Bertz CT molecular complexity index is 1190. The summed E-state index contributed by atoms with van der Waals surface area (Å²) in [6.07, 6.45) is 4.08. The molecule has 1 fully saturated rings. The molecule has 0 unspecified atom stereocenters. The summed E-state index contributed by atoms with van der Waals surface area (Å²) in [4.78, 5) is 23.6. The predicted molar refractivity (Wildman–Crippen MR) is 145 cm³/mol. The number of aromatic nitrogens is 2. The highest BCUT2D eigenvalue weighted by Crippen LogP contribution is 2.27. The summed E-state index contributed by atoms with van der Waals surface area (Å²) in [5, 5.41) is 14.5. The molecule has 2 heterocycles. The van der Waals surface area contributed by atoms with Gasteiger partial charge in [-0.2, -0.15) is 5.26 Å². The molecule has 2 N–H and O–H groups in total. The average Bonchev–Trinajstić information content (AvgIpc) is 2.90. The Morgan fingerprint density at radius 1 is 1.17 bits per heavy atom. The maximum Gasteiger partial charge on any atom is 0.252 e. The zero-order chi connectivity index (χ0) is 24.6. The minimum absolute atomic E-state index is 0.0196. The van der Waals surface area contributed by atoms with Gasteiger partial charge < -0.3 is 18.6 Å². The van der Waals surface area contributed by atoms with Crippen LogP contribution >= 0.6 is 23.0 Å². The molecular formula is C26H27IN6O2. The normalized spacial score (nSPS) is 13.8. The van der Waals surface area contributed by atoms with Crippen molar-refractivity contribution in [2.45, 2.75) is 19.8 Å². The van der Waals surface area contributed by atoms with Gasteiger partial charge in [0, 0.05) is 41.8 Å². The lowest BCUT2D eigenvalue weighted by Gasteiger charge is -2.33. The van der Waals surface area contributed by atoms with Gasteiger partial charge in [-0.1, -0.05) is 12.1 Å². The highest BCUT2D eigenvalue weighted by atomic mass is 127. The van der Waals surface area contributed by atoms with E-state index in [2.05, 4.69) is 32.7 Å². The molecule has 0 spiro atoms. The van der Waals surface area contributed by atoms with Gasteiger partial charge in [0.2, 0.25) is 5.95 Å². The Labute approximate surface area is 219 Å². The smallest absolute Gasteiger partial charge is 0.252 e.